The molecule has 6 heteroatoms. The van der Waals surface area contributed by atoms with Crippen LogP contribution in [0, 0.1) is 0 Å². The molecular formula is C14H17N3O2S. The molecule has 0 saturated heterocycles. The van der Waals surface area contributed by atoms with E-state index in [1.807, 2.05) is 24.3 Å². The molecule has 0 saturated carbocycles. The second-order valence-corrected chi connectivity index (χ2v) is 5.55. The van der Waals surface area contributed by atoms with Gasteiger partial charge in [0.1, 0.15) is 11.3 Å². The van der Waals surface area contributed by atoms with Crippen LogP contribution in [-0.2, 0) is 4.79 Å². The van der Waals surface area contributed by atoms with Crippen LogP contribution in [0.4, 0.5) is 5.13 Å². The summed E-state index contributed by atoms with van der Waals surface area (Å²) < 4.78 is 5.66. The Morgan fingerprint density at radius 3 is 2.80 bits per heavy atom. The number of benzene rings is 1. The number of carbonyl (C=O) groups is 1. The summed E-state index contributed by atoms with van der Waals surface area (Å²) in [4.78, 5) is 11.9. The molecule has 1 aromatic heterocycles. The van der Waals surface area contributed by atoms with Crippen LogP contribution >= 0.6 is 11.3 Å². The maximum absolute atomic E-state index is 11.9. The summed E-state index contributed by atoms with van der Waals surface area (Å²) in [7, 11) is 0. The van der Waals surface area contributed by atoms with Crippen LogP contribution in [0.5, 0.6) is 5.75 Å². The molecule has 1 aromatic carbocycles. The summed E-state index contributed by atoms with van der Waals surface area (Å²) in [6.45, 7) is 5.94. The molecule has 20 heavy (non-hydrogen) atoms. The molecule has 0 aliphatic rings. The first-order valence-corrected chi connectivity index (χ1v) is 7.28. The van der Waals surface area contributed by atoms with Crippen LogP contribution in [-0.4, -0.2) is 22.2 Å². The van der Waals surface area contributed by atoms with Crippen molar-refractivity contribution in [2.24, 2.45) is 0 Å². The minimum Gasteiger partial charge on any atom is -0.481 e. The monoisotopic (exact) mass is 291 g/mol. The number of nitrogens with one attached hydrogen (secondary N) is 1. The SMILES string of the molecule is CC(Oc1cccc(C(C)C)c1)C(=O)Nc1nncs1. The van der Waals surface area contributed by atoms with E-state index < -0.39 is 6.10 Å². The number of aromatic nitrogens is 2. The minimum atomic E-state index is -0.596. The summed E-state index contributed by atoms with van der Waals surface area (Å²) in [6.07, 6.45) is -0.596. The first-order chi connectivity index (χ1) is 9.56. The van der Waals surface area contributed by atoms with Crippen LogP contribution in [0.2, 0.25) is 0 Å². The van der Waals surface area contributed by atoms with Crippen LogP contribution in [0.15, 0.2) is 29.8 Å². The Kier molecular flexibility index (Phi) is 4.68. The number of carbonyl (C=O) groups excluding carboxylic acids is 1. The van der Waals surface area contributed by atoms with E-state index in [1.54, 1.807) is 12.4 Å². The highest BCUT2D eigenvalue weighted by molar-refractivity contribution is 7.13. The molecule has 1 amide bonds. The van der Waals surface area contributed by atoms with Crippen molar-refractivity contribution in [2.45, 2.75) is 32.8 Å². The van der Waals surface area contributed by atoms with E-state index >= 15 is 0 Å². The molecule has 2 aromatic rings. The third-order valence-electron chi connectivity index (χ3n) is 2.80. The van der Waals surface area contributed by atoms with Crippen molar-refractivity contribution in [1.82, 2.24) is 10.2 Å². The Morgan fingerprint density at radius 1 is 1.35 bits per heavy atom. The Hall–Kier alpha value is -1.95. The third-order valence-corrected chi connectivity index (χ3v) is 3.40. The fourth-order valence-electron chi connectivity index (χ4n) is 1.64. The number of anilines is 1. The molecular weight excluding hydrogens is 274 g/mol. The zero-order valence-electron chi connectivity index (χ0n) is 11.7. The molecule has 1 heterocycles. The van der Waals surface area contributed by atoms with Crippen LogP contribution in [0.3, 0.4) is 0 Å². The fourth-order valence-corrected chi connectivity index (χ4v) is 2.09. The lowest BCUT2D eigenvalue weighted by atomic mass is 10.0. The normalized spacial score (nSPS) is 12.2. The van der Waals surface area contributed by atoms with Gasteiger partial charge in [-0.3, -0.25) is 10.1 Å². The maximum atomic E-state index is 11.9. The van der Waals surface area contributed by atoms with Gasteiger partial charge in [0.05, 0.1) is 0 Å². The molecule has 0 aliphatic heterocycles. The first kappa shape index (κ1) is 14.5. The zero-order chi connectivity index (χ0) is 14.5. The molecule has 1 N–H and O–H groups in total. The highest BCUT2D eigenvalue weighted by Crippen LogP contribution is 2.21. The first-order valence-electron chi connectivity index (χ1n) is 6.40. The topological polar surface area (TPSA) is 64.1 Å². The standard InChI is InChI=1S/C14H17N3O2S/c1-9(2)11-5-4-6-12(7-11)19-10(3)13(18)16-14-17-15-8-20-14/h4-10H,1-3H3,(H,16,17,18). The quantitative estimate of drug-likeness (QED) is 0.919. The van der Waals surface area contributed by atoms with Crippen molar-refractivity contribution >= 4 is 22.4 Å². The number of nitrogens with zero attached hydrogens (tertiary/aromatic N) is 2. The molecule has 2 rings (SSSR count). The van der Waals surface area contributed by atoms with Gasteiger partial charge in [-0.1, -0.05) is 37.3 Å². The van der Waals surface area contributed by atoms with Gasteiger partial charge in [-0.25, -0.2) is 0 Å². The largest absolute Gasteiger partial charge is 0.481 e. The van der Waals surface area contributed by atoms with E-state index in [1.165, 1.54) is 16.9 Å². The van der Waals surface area contributed by atoms with E-state index in [0.29, 0.717) is 16.8 Å². The lowest BCUT2D eigenvalue weighted by Gasteiger charge is -2.15. The number of amides is 1. The van der Waals surface area contributed by atoms with Crippen molar-refractivity contribution in [3.8, 4) is 5.75 Å². The predicted octanol–water partition coefficient (Wildman–Crippen LogP) is 3.07. The zero-order valence-corrected chi connectivity index (χ0v) is 12.5. The Labute approximate surface area is 122 Å². The van der Waals surface area contributed by atoms with Gasteiger partial charge in [0.15, 0.2) is 6.10 Å². The van der Waals surface area contributed by atoms with E-state index in [4.69, 9.17) is 4.74 Å². The molecule has 0 aliphatic carbocycles. The smallest absolute Gasteiger partial charge is 0.266 e. The predicted molar refractivity (Wildman–Crippen MR) is 79.2 cm³/mol. The van der Waals surface area contributed by atoms with Gasteiger partial charge in [0, 0.05) is 0 Å². The molecule has 0 bridgehead atoms. The lowest BCUT2D eigenvalue weighted by Crippen LogP contribution is -2.30. The summed E-state index contributed by atoms with van der Waals surface area (Å²) in [6, 6.07) is 7.78. The van der Waals surface area contributed by atoms with E-state index in [0.717, 1.165) is 0 Å². The van der Waals surface area contributed by atoms with Gasteiger partial charge in [0.25, 0.3) is 5.91 Å². The summed E-state index contributed by atoms with van der Waals surface area (Å²) in [5, 5.41) is 10.6. The third kappa shape index (κ3) is 3.77. The molecule has 106 valence electrons. The summed E-state index contributed by atoms with van der Waals surface area (Å²) >= 11 is 1.27. The van der Waals surface area contributed by atoms with Crippen LogP contribution < -0.4 is 10.1 Å². The molecule has 0 spiro atoms. The number of hydrogen-bond donors (Lipinski definition) is 1. The van der Waals surface area contributed by atoms with Gasteiger partial charge in [-0.05, 0) is 30.5 Å². The number of ether oxygens (including phenoxy) is 1. The molecule has 5 nitrogen and oxygen atoms in total. The Morgan fingerprint density at radius 2 is 2.15 bits per heavy atom. The van der Waals surface area contributed by atoms with Crippen molar-refractivity contribution in [2.75, 3.05) is 5.32 Å². The van der Waals surface area contributed by atoms with Gasteiger partial charge >= 0.3 is 0 Å². The van der Waals surface area contributed by atoms with E-state index in [2.05, 4.69) is 29.4 Å². The van der Waals surface area contributed by atoms with Crippen LogP contribution in [0.25, 0.3) is 0 Å². The van der Waals surface area contributed by atoms with E-state index in [9.17, 15) is 4.79 Å². The fraction of sp³-hybridized carbons (Fsp3) is 0.357. The Bertz CT molecular complexity index is 570. The molecule has 1 atom stereocenters. The summed E-state index contributed by atoms with van der Waals surface area (Å²) in [5.41, 5.74) is 2.74. The van der Waals surface area contributed by atoms with E-state index in [-0.39, 0.29) is 5.91 Å². The molecule has 0 radical (unpaired) electrons. The molecule has 0 fully saturated rings. The van der Waals surface area contributed by atoms with Crippen molar-refractivity contribution in [1.29, 1.82) is 0 Å². The van der Waals surface area contributed by atoms with Crippen molar-refractivity contribution < 1.29 is 9.53 Å². The maximum Gasteiger partial charge on any atom is 0.266 e. The number of rotatable bonds is 5. The average molecular weight is 291 g/mol. The number of hydrogen-bond acceptors (Lipinski definition) is 5. The highest BCUT2D eigenvalue weighted by atomic mass is 32.1. The van der Waals surface area contributed by atoms with Gasteiger partial charge in [-0.15, -0.1) is 10.2 Å². The highest BCUT2D eigenvalue weighted by Gasteiger charge is 2.16. The van der Waals surface area contributed by atoms with Crippen molar-refractivity contribution in [3.05, 3.63) is 35.3 Å². The van der Waals surface area contributed by atoms with Gasteiger partial charge < -0.3 is 4.74 Å². The second kappa shape index (κ2) is 6.47. The second-order valence-electron chi connectivity index (χ2n) is 4.72. The Balaban J connectivity index is 1.98. The lowest BCUT2D eigenvalue weighted by molar-refractivity contribution is -0.122. The minimum absolute atomic E-state index is 0.239. The van der Waals surface area contributed by atoms with Crippen molar-refractivity contribution in [3.63, 3.8) is 0 Å². The summed E-state index contributed by atoms with van der Waals surface area (Å²) in [5.74, 6) is 0.872. The molecule has 1 unspecified atom stereocenters. The van der Waals surface area contributed by atoms with Gasteiger partial charge in [-0.2, -0.15) is 0 Å². The average Bonchev–Trinajstić information content (AvgIpc) is 2.91. The van der Waals surface area contributed by atoms with Crippen LogP contribution in [0.1, 0.15) is 32.3 Å². The van der Waals surface area contributed by atoms with Gasteiger partial charge in [0.2, 0.25) is 5.13 Å².